The third-order valence-electron chi connectivity index (χ3n) is 1.57. The Morgan fingerprint density at radius 2 is 2.31 bits per heavy atom. The van der Waals surface area contributed by atoms with Gasteiger partial charge in [0.2, 0.25) is 10.7 Å². The molecule has 0 aliphatic heterocycles. The number of H-pyrrole nitrogens is 1. The molecule has 13 heavy (non-hydrogen) atoms. The van der Waals surface area contributed by atoms with Crippen LogP contribution in [0.15, 0.2) is 0 Å². The summed E-state index contributed by atoms with van der Waals surface area (Å²) in [5.74, 6) is 2.46. The molecule has 0 bridgehead atoms. The van der Waals surface area contributed by atoms with E-state index in [0.717, 1.165) is 11.6 Å². The number of nitrogens with zero attached hydrogens (tertiary/aromatic N) is 2. The molecule has 1 unspecified atom stereocenters. The molecule has 0 radical (unpaired) electrons. The Morgan fingerprint density at radius 3 is 2.85 bits per heavy atom. The summed E-state index contributed by atoms with van der Waals surface area (Å²) in [6.45, 7) is 2.07. The molecule has 3 N–H and O–H groups in total. The highest BCUT2D eigenvalue weighted by molar-refractivity contribution is 7.98. The zero-order valence-electron chi connectivity index (χ0n) is 7.57. The summed E-state index contributed by atoms with van der Waals surface area (Å²) in [5, 5.41) is 0. The molecule has 1 atom stereocenters. The number of anilines is 1. The molecule has 4 nitrogen and oxygen atoms in total. The SMILES string of the molecule is CSCC(C)c1nc(=S)nc(N)[nH]1. The van der Waals surface area contributed by atoms with E-state index in [1.807, 2.05) is 0 Å². The van der Waals surface area contributed by atoms with E-state index in [9.17, 15) is 0 Å². The summed E-state index contributed by atoms with van der Waals surface area (Å²) in [4.78, 5) is 10.8. The second kappa shape index (κ2) is 4.57. The van der Waals surface area contributed by atoms with E-state index >= 15 is 0 Å². The van der Waals surface area contributed by atoms with Crippen molar-refractivity contribution in [3.8, 4) is 0 Å². The molecule has 0 amide bonds. The smallest absolute Gasteiger partial charge is 0.224 e. The summed E-state index contributed by atoms with van der Waals surface area (Å²) < 4.78 is 0.305. The predicted octanol–water partition coefficient (Wildman–Crippen LogP) is 1.58. The van der Waals surface area contributed by atoms with Crippen molar-refractivity contribution in [3.63, 3.8) is 0 Å². The maximum atomic E-state index is 5.51. The summed E-state index contributed by atoms with van der Waals surface area (Å²) in [7, 11) is 0. The molecular formula is C7H12N4S2. The lowest BCUT2D eigenvalue weighted by atomic mass is 10.2. The quantitative estimate of drug-likeness (QED) is 0.751. The van der Waals surface area contributed by atoms with Crippen LogP contribution in [0.2, 0.25) is 0 Å². The number of hydrogen-bond donors (Lipinski definition) is 2. The predicted molar refractivity (Wildman–Crippen MR) is 58.4 cm³/mol. The Kier molecular flexibility index (Phi) is 3.68. The lowest BCUT2D eigenvalue weighted by molar-refractivity contribution is 0.769. The van der Waals surface area contributed by atoms with Crippen LogP contribution in [-0.4, -0.2) is 27.0 Å². The molecule has 72 valence electrons. The van der Waals surface area contributed by atoms with Gasteiger partial charge in [-0.05, 0) is 18.5 Å². The first kappa shape index (κ1) is 10.5. The maximum Gasteiger partial charge on any atom is 0.224 e. The molecule has 1 rings (SSSR count). The lowest BCUT2D eigenvalue weighted by Crippen LogP contribution is -2.07. The Balaban J connectivity index is 2.94. The van der Waals surface area contributed by atoms with Crippen LogP contribution in [0.3, 0.4) is 0 Å². The molecule has 0 aliphatic carbocycles. The van der Waals surface area contributed by atoms with Crippen LogP contribution in [0.1, 0.15) is 18.7 Å². The number of nitrogens with two attached hydrogens (primary N) is 1. The average molecular weight is 216 g/mol. The van der Waals surface area contributed by atoms with Gasteiger partial charge in [0.25, 0.3) is 0 Å². The highest BCUT2D eigenvalue weighted by Gasteiger charge is 2.07. The maximum absolute atomic E-state index is 5.51. The highest BCUT2D eigenvalue weighted by atomic mass is 32.2. The molecule has 0 fully saturated rings. The molecule has 6 heteroatoms. The number of thioether (sulfide) groups is 1. The number of hydrogen-bond acceptors (Lipinski definition) is 5. The molecule has 1 aromatic rings. The minimum absolute atomic E-state index is 0.305. The van der Waals surface area contributed by atoms with Crippen LogP contribution in [0, 0.1) is 4.77 Å². The van der Waals surface area contributed by atoms with Crippen LogP contribution in [0.25, 0.3) is 0 Å². The van der Waals surface area contributed by atoms with Crippen molar-refractivity contribution in [2.45, 2.75) is 12.8 Å². The molecule has 1 aromatic heterocycles. The van der Waals surface area contributed by atoms with Crippen LogP contribution >= 0.6 is 24.0 Å². The first-order chi connectivity index (χ1) is 6.13. The topological polar surface area (TPSA) is 67.6 Å². The molecule has 1 heterocycles. The molecular weight excluding hydrogens is 204 g/mol. The number of rotatable bonds is 3. The Labute approximate surface area is 86.4 Å². The van der Waals surface area contributed by atoms with Crippen molar-refractivity contribution in [2.24, 2.45) is 0 Å². The van der Waals surface area contributed by atoms with Gasteiger partial charge in [0.1, 0.15) is 5.82 Å². The van der Waals surface area contributed by atoms with Gasteiger partial charge in [-0.3, -0.25) is 0 Å². The van der Waals surface area contributed by atoms with E-state index in [0.29, 0.717) is 16.6 Å². The van der Waals surface area contributed by atoms with Crippen molar-refractivity contribution >= 4 is 29.9 Å². The van der Waals surface area contributed by atoms with Crippen molar-refractivity contribution < 1.29 is 0 Å². The van der Waals surface area contributed by atoms with Gasteiger partial charge in [-0.15, -0.1) is 0 Å². The number of aromatic nitrogens is 3. The summed E-state index contributed by atoms with van der Waals surface area (Å²) in [6.07, 6.45) is 2.05. The number of nitrogen functional groups attached to an aromatic ring is 1. The number of aromatic amines is 1. The molecule has 0 aromatic carbocycles. The van der Waals surface area contributed by atoms with E-state index in [2.05, 4.69) is 28.1 Å². The fourth-order valence-corrected chi connectivity index (χ4v) is 1.84. The van der Waals surface area contributed by atoms with Gasteiger partial charge >= 0.3 is 0 Å². The second-order valence-corrected chi connectivity index (χ2v) is 4.03. The standard InChI is InChI=1S/C7H12N4S2/c1-4(3-13-2)5-9-6(8)11-7(12)10-5/h4H,3H2,1-2H3,(H3,8,9,10,11,12). The van der Waals surface area contributed by atoms with Crippen LogP contribution < -0.4 is 5.73 Å². The van der Waals surface area contributed by atoms with Gasteiger partial charge < -0.3 is 10.7 Å². The summed E-state index contributed by atoms with van der Waals surface area (Å²) >= 11 is 6.62. The second-order valence-electron chi connectivity index (χ2n) is 2.76. The van der Waals surface area contributed by atoms with Crippen molar-refractivity contribution in [1.82, 2.24) is 15.0 Å². The van der Waals surface area contributed by atoms with Crippen molar-refractivity contribution in [1.29, 1.82) is 0 Å². The molecule has 0 spiro atoms. The van der Waals surface area contributed by atoms with Gasteiger partial charge in [0.05, 0.1) is 0 Å². The monoisotopic (exact) mass is 216 g/mol. The first-order valence-corrected chi connectivity index (χ1v) is 5.66. The minimum Gasteiger partial charge on any atom is -0.369 e. The van der Waals surface area contributed by atoms with E-state index in [1.165, 1.54) is 0 Å². The first-order valence-electron chi connectivity index (χ1n) is 3.86. The van der Waals surface area contributed by atoms with Crippen molar-refractivity contribution in [2.75, 3.05) is 17.7 Å². The zero-order chi connectivity index (χ0) is 9.84. The van der Waals surface area contributed by atoms with Gasteiger partial charge in [-0.2, -0.15) is 16.7 Å². The Hall–Kier alpha value is -0.620. The normalized spacial score (nSPS) is 12.8. The summed E-state index contributed by atoms with van der Waals surface area (Å²) in [5.41, 5.74) is 5.51. The van der Waals surface area contributed by atoms with Crippen LogP contribution in [-0.2, 0) is 0 Å². The van der Waals surface area contributed by atoms with E-state index in [1.54, 1.807) is 11.8 Å². The van der Waals surface area contributed by atoms with Gasteiger partial charge in [-0.1, -0.05) is 6.92 Å². The Bertz CT molecular complexity index is 336. The number of nitrogens with one attached hydrogen (secondary N) is 1. The molecule has 0 saturated carbocycles. The van der Waals surface area contributed by atoms with Crippen LogP contribution in [0.4, 0.5) is 5.95 Å². The van der Waals surface area contributed by atoms with Gasteiger partial charge in [0, 0.05) is 11.7 Å². The molecule has 0 aliphatic rings. The lowest BCUT2D eigenvalue weighted by Gasteiger charge is -2.08. The molecule has 0 saturated heterocycles. The van der Waals surface area contributed by atoms with E-state index in [4.69, 9.17) is 18.0 Å². The zero-order valence-corrected chi connectivity index (χ0v) is 9.21. The van der Waals surface area contributed by atoms with Gasteiger partial charge in [-0.25, -0.2) is 4.98 Å². The summed E-state index contributed by atoms with van der Waals surface area (Å²) in [6, 6.07) is 0. The van der Waals surface area contributed by atoms with E-state index < -0.39 is 0 Å². The largest absolute Gasteiger partial charge is 0.369 e. The highest BCUT2D eigenvalue weighted by Crippen LogP contribution is 2.14. The third kappa shape index (κ3) is 2.96. The van der Waals surface area contributed by atoms with E-state index in [-0.39, 0.29) is 0 Å². The average Bonchev–Trinajstić information content (AvgIpc) is 2.03. The fourth-order valence-electron chi connectivity index (χ4n) is 0.981. The fraction of sp³-hybridized carbons (Fsp3) is 0.571. The Morgan fingerprint density at radius 1 is 1.62 bits per heavy atom. The van der Waals surface area contributed by atoms with Crippen LogP contribution in [0.5, 0.6) is 0 Å². The van der Waals surface area contributed by atoms with Crippen molar-refractivity contribution in [3.05, 3.63) is 10.6 Å². The van der Waals surface area contributed by atoms with Gasteiger partial charge in [0.15, 0.2) is 0 Å². The third-order valence-corrected chi connectivity index (χ3v) is 2.59. The minimum atomic E-state index is 0.305.